The summed E-state index contributed by atoms with van der Waals surface area (Å²) in [4.78, 5) is 18.8. The Bertz CT molecular complexity index is 573. The second-order valence-corrected chi connectivity index (χ2v) is 7.24. The Labute approximate surface area is 128 Å². The van der Waals surface area contributed by atoms with E-state index in [9.17, 15) is 4.79 Å². The van der Waals surface area contributed by atoms with Crippen LogP contribution in [0.4, 0.5) is 4.79 Å². The van der Waals surface area contributed by atoms with Crippen molar-refractivity contribution in [2.75, 3.05) is 6.26 Å². The number of rotatable bonds is 1. The van der Waals surface area contributed by atoms with E-state index in [2.05, 4.69) is 15.2 Å². The van der Waals surface area contributed by atoms with Gasteiger partial charge in [0.1, 0.15) is 11.3 Å². The minimum atomic E-state index is -0.483. The number of amides is 1. The SMILES string of the molecule is CSc1nnc2c(n1)CC1CCC2N1C(=O)OC(C)(C)C. The zero-order valence-electron chi connectivity index (χ0n) is 12.8. The summed E-state index contributed by atoms with van der Waals surface area (Å²) in [6.45, 7) is 5.66. The minimum Gasteiger partial charge on any atom is -0.444 e. The molecule has 0 aliphatic carbocycles. The van der Waals surface area contributed by atoms with E-state index < -0.39 is 5.60 Å². The van der Waals surface area contributed by atoms with E-state index in [4.69, 9.17) is 4.74 Å². The van der Waals surface area contributed by atoms with Crippen molar-refractivity contribution in [1.29, 1.82) is 0 Å². The smallest absolute Gasteiger partial charge is 0.411 e. The molecule has 2 unspecified atom stereocenters. The van der Waals surface area contributed by atoms with E-state index in [1.54, 1.807) is 0 Å². The maximum Gasteiger partial charge on any atom is 0.411 e. The van der Waals surface area contributed by atoms with Gasteiger partial charge < -0.3 is 4.74 Å². The first-order chi connectivity index (χ1) is 9.89. The molecule has 0 aromatic carbocycles. The van der Waals surface area contributed by atoms with E-state index in [1.807, 2.05) is 31.9 Å². The van der Waals surface area contributed by atoms with Crippen LogP contribution in [0.15, 0.2) is 5.16 Å². The van der Waals surface area contributed by atoms with Crippen LogP contribution < -0.4 is 0 Å². The molecule has 2 aliphatic rings. The van der Waals surface area contributed by atoms with E-state index in [-0.39, 0.29) is 18.2 Å². The predicted molar refractivity (Wildman–Crippen MR) is 79.1 cm³/mol. The Hall–Kier alpha value is -1.37. The summed E-state index contributed by atoms with van der Waals surface area (Å²) in [5, 5.41) is 9.13. The number of hydrogen-bond acceptors (Lipinski definition) is 6. The van der Waals surface area contributed by atoms with Gasteiger partial charge >= 0.3 is 6.09 Å². The highest BCUT2D eigenvalue weighted by atomic mass is 32.2. The molecule has 6 nitrogen and oxygen atoms in total. The van der Waals surface area contributed by atoms with Gasteiger partial charge in [-0.3, -0.25) is 4.90 Å². The number of carbonyl (C=O) groups is 1. The molecule has 1 aromatic heterocycles. The highest BCUT2D eigenvalue weighted by Gasteiger charge is 2.46. The summed E-state index contributed by atoms with van der Waals surface area (Å²) < 4.78 is 5.53. The van der Waals surface area contributed by atoms with E-state index in [1.165, 1.54) is 11.8 Å². The summed E-state index contributed by atoms with van der Waals surface area (Å²) >= 11 is 1.49. The molecule has 1 amide bonds. The van der Waals surface area contributed by atoms with Crippen molar-refractivity contribution in [3.8, 4) is 0 Å². The van der Waals surface area contributed by atoms with Crippen molar-refractivity contribution in [3.05, 3.63) is 11.4 Å². The average Bonchev–Trinajstić information content (AvgIpc) is 2.72. The highest BCUT2D eigenvalue weighted by molar-refractivity contribution is 7.98. The fourth-order valence-corrected chi connectivity index (χ4v) is 3.33. The molecule has 0 N–H and O–H groups in total. The molecule has 3 rings (SSSR count). The van der Waals surface area contributed by atoms with Crippen LogP contribution in [-0.4, -0.2) is 44.1 Å². The molecule has 7 heteroatoms. The number of thioether (sulfide) groups is 1. The Kier molecular flexibility index (Phi) is 3.55. The molecule has 21 heavy (non-hydrogen) atoms. The highest BCUT2D eigenvalue weighted by Crippen LogP contribution is 2.42. The average molecular weight is 308 g/mol. The maximum atomic E-state index is 12.4. The van der Waals surface area contributed by atoms with Gasteiger partial charge in [-0.2, -0.15) is 0 Å². The minimum absolute atomic E-state index is 0.0375. The zero-order valence-corrected chi connectivity index (χ0v) is 13.6. The lowest BCUT2D eigenvalue weighted by molar-refractivity contribution is 0.0116. The second kappa shape index (κ2) is 5.12. The number of hydrogen-bond donors (Lipinski definition) is 0. The standard InChI is InChI=1S/C14H20N4O2S/c1-14(2,3)20-13(19)18-8-5-6-10(18)11-9(7-8)15-12(21-4)17-16-11/h8,10H,5-7H2,1-4H3. The van der Waals surface area contributed by atoms with Gasteiger partial charge in [-0.15, -0.1) is 10.2 Å². The van der Waals surface area contributed by atoms with Gasteiger partial charge in [0.2, 0.25) is 5.16 Å². The normalized spacial score (nSPS) is 23.9. The van der Waals surface area contributed by atoms with Crippen LogP contribution in [0.25, 0.3) is 0 Å². The fourth-order valence-electron chi connectivity index (χ4n) is 3.01. The molecule has 2 bridgehead atoms. The Morgan fingerprint density at radius 2 is 2.10 bits per heavy atom. The third kappa shape index (κ3) is 2.71. The van der Waals surface area contributed by atoms with Crippen LogP contribution in [0.1, 0.15) is 51.0 Å². The monoisotopic (exact) mass is 308 g/mol. The van der Waals surface area contributed by atoms with Gasteiger partial charge in [0.25, 0.3) is 0 Å². The number of fused-ring (bicyclic) bond motifs is 4. The van der Waals surface area contributed by atoms with Gasteiger partial charge in [0, 0.05) is 12.5 Å². The molecular weight excluding hydrogens is 288 g/mol. The van der Waals surface area contributed by atoms with E-state index in [0.717, 1.165) is 30.7 Å². The summed E-state index contributed by atoms with van der Waals surface area (Å²) in [7, 11) is 0. The third-order valence-electron chi connectivity index (χ3n) is 3.80. The zero-order chi connectivity index (χ0) is 15.2. The second-order valence-electron chi connectivity index (χ2n) is 6.47. The van der Waals surface area contributed by atoms with Crippen molar-refractivity contribution in [3.63, 3.8) is 0 Å². The largest absolute Gasteiger partial charge is 0.444 e. The Morgan fingerprint density at radius 3 is 2.76 bits per heavy atom. The van der Waals surface area contributed by atoms with E-state index in [0.29, 0.717) is 5.16 Å². The van der Waals surface area contributed by atoms with Crippen molar-refractivity contribution in [1.82, 2.24) is 20.1 Å². The van der Waals surface area contributed by atoms with Crippen molar-refractivity contribution >= 4 is 17.9 Å². The topological polar surface area (TPSA) is 68.2 Å². The molecule has 1 saturated heterocycles. The first-order valence-electron chi connectivity index (χ1n) is 7.18. The summed E-state index contributed by atoms with van der Waals surface area (Å²) in [6.07, 6.45) is 4.31. The van der Waals surface area contributed by atoms with Gasteiger partial charge in [-0.1, -0.05) is 11.8 Å². The molecule has 2 atom stereocenters. The number of nitrogens with zero attached hydrogens (tertiary/aromatic N) is 4. The lowest BCUT2D eigenvalue weighted by Crippen LogP contribution is -2.45. The molecular formula is C14H20N4O2S. The van der Waals surface area contributed by atoms with Crippen molar-refractivity contribution in [2.24, 2.45) is 0 Å². The number of ether oxygens (including phenoxy) is 1. The van der Waals surface area contributed by atoms with Crippen LogP contribution in [-0.2, 0) is 11.2 Å². The molecule has 1 aromatic rings. The Balaban J connectivity index is 1.88. The first-order valence-corrected chi connectivity index (χ1v) is 8.40. The van der Waals surface area contributed by atoms with Crippen LogP contribution in [0.3, 0.4) is 0 Å². The molecule has 0 spiro atoms. The van der Waals surface area contributed by atoms with Crippen LogP contribution in [0, 0.1) is 0 Å². The summed E-state index contributed by atoms with van der Waals surface area (Å²) in [5.74, 6) is 0. The van der Waals surface area contributed by atoms with Crippen LogP contribution in [0.2, 0.25) is 0 Å². The van der Waals surface area contributed by atoms with Crippen LogP contribution in [0.5, 0.6) is 0 Å². The molecule has 1 fully saturated rings. The number of aromatic nitrogens is 3. The lowest BCUT2D eigenvalue weighted by atomic mass is 10.0. The van der Waals surface area contributed by atoms with Gasteiger partial charge in [-0.25, -0.2) is 9.78 Å². The molecule has 2 aliphatic heterocycles. The predicted octanol–water partition coefficient (Wildman–Crippen LogP) is 2.59. The molecule has 0 radical (unpaired) electrons. The molecule has 3 heterocycles. The van der Waals surface area contributed by atoms with Crippen molar-refractivity contribution < 1.29 is 9.53 Å². The summed E-state index contributed by atoms with van der Waals surface area (Å²) in [5.41, 5.74) is 1.35. The van der Waals surface area contributed by atoms with Gasteiger partial charge in [0.05, 0.1) is 11.7 Å². The molecule has 114 valence electrons. The maximum absolute atomic E-state index is 12.4. The summed E-state index contributed by atoms with van der Waals surface area (Å²) in [6, 6.07) is 0.133. The van der Waals surface area contributed by atoms with Gasteiger partial charge in [-0.05, 0) is 39.9 Å². The number of carbonyl (C=O) groups excluding carboxylic acids is 1. The Morgan fingerprint density at radius 1 is 1.33 bits per heavy atom. The molecule has 0 saturated carbocycles. The van der Waals surface area contributed by atoms with Gasteiger partial charge in [0.15, 0.2) is 0 Å². The fraction of sp³-hybridized carbons (Fsp3) is 0.714. The van der Waals surface area contributed by atoms with Crippen molar-refractivity contribution in [2.45, 2.75) is 62.9 Å². The van der Waals surface area contributed by atoms with E-state index >= 15 is 0 Å². The first kappa shape index (κ1) is 14.6. The third-order valence-corrected chi connectivity index (χ3v) is 4.34. The lowest BCUT2D eigenvalue weighted by Gasteiger charge is -2.35. The quantitative estimate of drug-likeness (QED) is 0.743. The van der Waals surface area contributed by atoms with Crippen LogP contribution >= 0.6 is 11.8 Å².